The minimum Gasteiger partial charge on any atom is -0.344 e. The number of carbonyl (C=O) groups excluding carboxylic acids is 1. The third kappa shape index (κ3) is 24.5. The summed E-state index contributed by atoms with van der Waals surface area (Å²) in [4.78, 5) is 10.1. The molecule has 5 N–H and O–H groups in total. The minimum absolute atomic E-state index is 0. The molecule has 0 heterocycles. The molecule has 0 atom stereocenters. The van der Waals surface area contributed by atoms with Crippen molar-refractivity contribution in [3.63, 3.8) is 0 Å². The molecule has 0 rings (SSSR count). The zero-order valence-electron chi connectivity index (χ0n) is 8.35. The van der Waals surface area contributed by atoms with E-state index in [1.54, 1.807) is 0 Å². The van der Waals surface area contributed by atoms with Crippen LogP contribution in [0.15, 0.2) is 38.1 Å². The van der Waals surface area contributed by atoms with Gasteiger partial charge in [-0.05, 0) is 12.3 Å². The van der Waals surface area contributed by atoms with E-state index in [4.69, 9.17) is 4.55 Å². The Morgan fingerprint density at radius 1 is 1.33 bits per heavy atom. The van der Waals surface area contributed by atoms with E-state index in [0.717, 1.165) is 6.08 Å². The summed E-state index contributed by atoms with van der Waals surface area (Å²) in [6.07, 6.45) is 3.61. The van der Waals surface area contributed by atoms with Gasteiger partial charge in [0.25, 0.3) is 10.1 Å². The van der Waals surface area contributed by atoms with Gasteiger partial charge in [-0.3, -0.25) is 9.35 Å². The molecule has 0 aromatic rings. The van der Waals surface area contributed by atoms with E-state index in [9.17, 15) is 13.2 Å². The van der Waals surface area contributed by atoms with E-state index in [0.29, 0.717) is 0 Å². The first-order valence-electron chi connectivity index (χ1n) is 3.47. The van der Waals surface area contributed by atoms with Crippen molar-refractivity contribution in [1.29, 1.82) is 0 Å². The second kappa shape index (κ2) is 10.6. The van der Waals surface area contributed by atoms with Gasteiger partial charge in [0.1, 0.15) is 0 Å². The molecule has 0 aliphatic heterocycles. The molecule has 0 aliphatic carbocycles. The minimum atomic E-state index is -3.79. The third-order valence-corrected chi connectivity index (χ3v) is 1.42. The second-order valence-corrected chi connectivity index (χ2v) is 3.45. The Bertz CT molecular complexity index is 309. The molecular formula is C8H16N2O4S. The number of hydrogen-bond donors (Lipinski definition) is 3. The van der Waals surface area contributed by atoms with Gasteiger partial charge in [-0.15, -0.1) is 6.58 Å². The Hall–Kier alpha value is -1.44. The molecule has 0 aromatic heterocycles. The van der Waals surface area contributed by atoms with Gasteiger partial charge < -0.3 is 11.5 Å². The average molecular weight is 236 g/mol. The van der Waals surface area contributed by atoms with E-state index in [1.807, 2.05) is 0 Å². The number of rotatable bonds is 4. The van der Waals surface area contributed by atoms with Crippen LogP contribution in [-0.2, 0) is 14.9 Å². The van der Waals surface area contributed by atoms with Crippen molar-refractivity contribution in [3.05, 3.63) is 38.1 Å². The van der Waals surface area contributed by atoms with Crippen LogP contribution < -0.4 is 11.5 Å². The maximum atomic E-state index is 10.1. The molecule has 0 aliphatic rings. The quantitative estimate of drug-likeness (QED) is 0.376. The van der Waals surface area contributed by atoms with Crippen LogP contribution in [0.2, 0.25) is 0 Å². The summed E-state index contributed by atoms with van der Waals surface area (Å²) < 4.78 is 27.3. The molecule has 15 heavy (non-hydrogen) atoms. The van der Waals surface area contributed by atoms with E-state index >= 15 is 0 Å². The molecule has 1 amide bonds. The van der Waals surface area contributed by atoms with E-state index < -0.39 is 10.1 Å². The molecule has 7 heteroatoms. The highest BCUT2D eigenvalue weighted by Crippen LogP contribution is 1.78. The second-order valence-electron chi connectivity index (χ2n) is 1.95. The van der Waals surface area contributed by atoms with Crippen LogP contribution in [0, 0.1) is 0 Å². The molecule has 0 spiro atoms. The molecular weight excluding hydrogens is 220 g/mol. The SMILES string of the molecule is C=CCS(=O)(=O)O.C=CNC(=O)C=C.N. The lowest BCUT2D eigenvalue weighted by atomic mass is 10.6. The first-order valence-corrected chi connectivity index (χ1v) is 5.08. The van der Waals surface area contributed by atoms with Gasteiger partial charge >= 0.3 is 0 Å². The number of hydrogen-bond acceptors (Lipinski definition) is 4. The van der Waals surface area contributed by atoms with Crippen LogP contribution in [0.1, 0.15) is 0 Å². The highest BCUT2D eigenvalue weighted by Gasteiger charge is 1.95. The number of nitrogens with one attached hydrogen (secondary N) is 1. The smallest absolute Gasteiger partial charge is 0.268 e. The zero-order chi connectivity index (χ0) is 11.6. The fourth-order valence-electron chi connectivity index (χ4n) is 0.308. The topological polar surface area (TPSA) is 118 Å². The molecule has 0 saturated carbocycles. The van der Waals surface area contributed by atoms with Gasteiger partial charge in [0, 0.05) is 0 Å². The zero-order valence-corrected chi connectivity index (χ0v) is 9.16. The maximum absolute atomic E-state index is 10.1. The summed E-state index contributed by atoms with van der Waals surface area (Å²) in [6, 6.07) is 0. The fourth-order valence-corrected chi connectivity index (χ4v) is 0.606. The van der Waals surface area contributed by atoms with Crippen LogP contribution in [0.4, 0.5) is 0 Å². The largest absolute Gasteiger partial charge is 0.344 e. The lowest BCUT2D eigenvalue weighted by Crippen LogP contribution is -2.11. The third-order valence-electron chi connectivity index (χ3n) is 0.758. The van der Waals surface area contributed by atoms with Gasteiger partial charge in [0.2, 0.25) is 5.91 Å². The van der Waals surface area contributed by atoms with Crippen LogP contribution >= 0.6 is 0 Å². The first-order chi connectivity index (χ1) is 6.37. The first kappa shape index (κ1) is 19.2. The summed E-state index contributed by atoms with van der Waals surface area (Å²) >= 11 is 0. The molecule has 88 valence electrons. The van der Waals surface area contributed by atoms with Gasteiger partial charge in [-0.2, -0.15) is 8.42 Å². The summed E-state index contributed by atoms with van der Waals surface area (Å²) in [7, 11) is -3.79. The Morgan fingerprint density at radius 3 is 1.87 bits per heavy atom. The summed E-state index contributed by atoms with van der Waals surface area (Å²) in [5.41, 5.74) is 0. The van der Waals surface area contributed by atoms with Crippen LogP contribution in [-0.4, -0.2) is 24.6 Å². The van der Waals surface area contributed by atoms with E-state index in [1.165, 1.54) is 12.3 Å². The van der Waals surface area contributed by atoms with Gasteiger partial charge in [-0.1, -0.05) is 19.2 Å². The molecule has 0 unspecified atom stereocenters. The predicted octanol–water partition coefficient (Wildman–Crippen LogP) is 0.654. The van der Waals surface area contributed by atoms with Crippen molar-refractivity contribution in [2.24, 2.45) is 0 Å². The normalized spacial score (nSPS) is 8.33. The maximum Gasteiger partial charge on any atom is 0.268 e. The Morgan fingerprint density at radius 2 is 1.80 bits per heavy atom. The van der Waals surface area contributed by atoms with Crippen molar-refractivity contribution in [1.82, 2.24) is 11.5 Å². The summed E-state index contributed by atoms with van der Waals surface area (Å²) in [5.74, 6) is -0.595. The highest BCUT2D eigenvalue weighted by molar-refractivity contribution is 7.85. The predicted molar refractivity (Wildman–Crippen MR) is 60.2 cm³/mol. The molecule has 0 radical (unpaired) electrons. The molecule has 0 saturated heterocycles. The molecule has 6 nitrogen and oxygen atoms in total. The van der Waals surface area contributed by atoms with Crippen molar-refractivity contribution in [2.75, 3.05) is 5.75 Å². The fraction of sp³-hybridized carbons (Fsp3) is 0.125. The molecule has 0 fully saturated rings. The standard InChI is InChI=1S/C5H7NO.C3H6O3S.H3N/c1-3-5(7)6-4-2;1-2-3-7(4,5)6;/h3-4H,1-2H2,(H,6,7);2H,1,3H2,(H,4,5,6);1H3. The van der Waals surface area contributed by atoms with Crippen molar-refractivity contribution < 1.29 is 17.8 Å². The average Bonchev–Trinajstić information content (AvgIpc) is 2.03. The van der Waals surface area contributed by atoms with Crippen LogP contribution in [0.5, 0.6) is 0 Å². The van der Waals surface area contributed by atoms with Crippen LogP contribution in [0.3, 0.4) is 0 Å². The van der Waals surface area contributed by atoms with Gasteiger partial charge in [0.05, 0.1) is 5.75 Å². The molecule has 0 aromatic carbocycles. The Labute approximate surface area is 89.7 Å². The Kier molecular flexibility index (Phi) is 13.6. The lowest BCUT2D eigenvalue weighted by Gasteiger charge is -1.85. The Balaban J connectivity index is -0.000000180. The van der Waals surface area contributed by atoms with E-state index in [-0.39, 0.29) is 17.8 Å². The van der Waals surface area contributed by atoms with Gasteiger partial charge in [-0.25, -0.2) is 0 Å². The monoisotopic (exact) mass is 236 g/mol. The number of amides is 1. The highest BCUT2D eigenvalue weighted by atomic mass is 32.2. The van der Waals surface area contributed by atoms with Crippen molar-refractivity contribution in [3.8, 4) is 0 Å². The van der Waals surface area contributed by atoms with Gasteiger partial charge in [0.15, 0.2) is 0 Å². The summed E-state index contributed by atoms with van der Waals surface area (Å²) in [5, 5.41) is 2.30. The summed E-state index contributed by atoms with van der Waals surface area (Å²) in [6.45, 7) is 9.60. The van der Waals surface area contributed by atoms with E-state index in [2.05, 4.69) is 25.1 Å². The lowest BCUT2D eigenvalue weighted by molar-refractivity contribution is -0.115. The van der Waals surface area contributed by atoms with Crippen molar-refractivity contribution in [2.45, 2.75) is 0 Å². The van der Waals surface area contributed by atoms with Crippen molar-refractivity contribution >= 4 is 16.0 Å². The van der Waals surface area contributed by atoms with Crippen LogP contribution in [0.25, 0.3) is 0 Å². The molecule has 0 bridgehead atoms. The number of carbonyl (C=O) groups is 1.